The fraction of sp³-hybridized carbons (Fsp3) is 0.188. The van der Waals surface area contributed by atoms with Crippen molar-refractivity contribution in [1.29, 1.82) is 0 Å². The second kappa shape index (κ2) is 6.50. The Hall–Kier alpha value is -2.20. The predicted molar refractivity (Wildman–Crippen MR) is 87.2 cm³/mol. The third-order valence-electron chi connectivity index (χ3n) is 3.58. The molecule has 0 heterocycles. The smallest absolute Gasteiger partial charge is 0.172 e. The maximum absolute atomic E-state index is 8.91. The molecular weight excluding hydrogens is 286 g/mol. The Labute approximate surface area is 129 Å². The lowest BCUT2D eigenvalue weighted by Crippen LogP contribution is -2.25. The molecule has 110 valence electrons. The van der Waals surface area contributed by atoms with Crippen LogP contribution in [-0.2, 0) is 0 Å². The van der Waals surface area contributed by atoms with Gasteiger partial charge in [0, 0.05) is 23.3 Å². The Morgan fingerprint density at radius 2 is 1.95 bits per heavy atom. The van der Waals surface area contributed by atoms with Crippen molar-refractivity contribution < 1.29 is 5.21 Å². The van der Waals surface area contributed by atoms with Crippen molar-refractivity contribution in [1.82, 2.24) is 0 Å². The third kappa shape index (κ3) is 3.28. The van der Waals surface area contributed by atoms with Crippen LogP contribution in [0.25, 0.3) is 0 Å². The number of para-hydroxylation sites is 1. The molecule has 1 unspecified atom stereocenters. The minimum atomic E-state index is 0.0933. The second-order valence-electron chi connectivity index (χ2n) is 4.84. The highest BCUT2D eigenvalue weighted by molar-refractivity contribution is 6.30. The molecule has 0 aliphatic rings. The molecule has 3 N–H and O–H groups in total. The number of benzene rings is 2. The van der Waals surface area contributed by atoms with Crippen molar-refractivity contribution in [2.45, 2.75) is 13.0 Å². The summed E-state index contributed by atoms with van der Waals surface area (Å²) in [5.74, 6) is 0.0933. The van der Waals surface area contributed by atoms with Crippen LogP contribution in [0.1, 0.15) is 24.1 Å². The van der Waals surface area contributed by atoms with E-state index in [9.17, 15) is 0 Å². The van der Waals surface area contributed by atoms with Crippen LogP contribution >= 0.6 is 11.6 Å². The maximum atomic E-state index is 8.91. The molecule has 0 aliphatic carbocycles. The fourth-order valence-electron chi connectivity index (χ4n) is 2.25. The van der Waals surface area contributed by atoms with E-state index in [1.807, 2.05) is 55.6 Å². The van der Waals surface area contributed by atoms with Crippen LogP contribution in [0.15, 0.2) is 53.7 Å². The number of anilines is 1. The third-order valence-corrected chi connectivity index (χ3v) is 3.81. The molecule has 4 nitrogen and oxygen atoms in total. The highest BCUT2D eigenvalue weighted by Crippen LogP contribution is 2.29. The fourth-order valence-corrected chi connectivity index (χ4v) is 2.45. The summed E-state index contributed by atoms with van der Waals surface area (Å²) in [4.78, 5) is 2.07. The minimum absolute atomic E-state index is 0.0933. The topological polar surface area (TPSA) is 61.8 Å². The van der Waals surface area contributed by atoms with Gasteiger partial charge in [0.1, 0.15) is 0 Å². The Bertz CT molecular complexity index is 657. The van der Waals surface area contributed by atoms with Gasteiger partial charge in [-0.3, -0.25) is 0 Å². The molecule has 0 spiro atoms. The van der Waals surface area contributed by atoms with Gasteiger partial charge in [-0.05, 0) is 36.8 Å². The molecule has 0 radical (unpaired) electrons. The molecule has 21 heavy (non-hydrogen) atoms. The van der Waals surface area contributed by atoms with Crippen LogP contribution in [0.4, 0.5) is 5.69 Å². The van der Waals surface area contributed by atoms with Crippen molar-refractivity contribution in [3.05, 3.63) is 64.7 Å². The van der Waals surface area contributed by atoms with Gasteiger partial charge < -0.3 is 15.8 Å². The number of amidine groups is 1. The Balaban J connectivity index is 2.38. The molecule has 0 saturated heterocycles. The monoisotopic (exact) mass is 303 g/mol. The summed E-state index contributed by atoms with van der Waals surface area (Å²) in [5, 5.41) is 12.7. The maximum Gasteiger partial charge on any atom is 0.172 e. The zero-order chi connectivity index (χ0) is 15.4. The van der Waals surface area contributed by atoms with E-state index in [-0.39, 0.29) is 11.9 Å². The van der Waals surface area contributed by atoms with Gasteiger partial charge >= 0.3 is 0 Å². The molecule has 0 fully saturated rings. The predicted octanol–water partition coefficient (Wildman–Crippen LogP) is 3.63. The molecule has 2 rings (SSSR count). The molecular formula is C16H18ClN3O. The summed E-state index contributed by atoms with van der Waals surface area (Å²) in [7, 11) is 1.97. The average molecular weight is 304 g/mol. The van der Waals surface area contributed by atoms with E-state index in [4.69, 9.17) is 22.5 Å². The van der Waals surface area contributed by atoms with Crippen LogP contribution in [0, 0.1) is 0 Å². The van der Waals surface area contributed by atoms with Crippen LogP contribution in [0.5, 0.6) is 0 Å². The number of hydrogen-bond donors (Lipinski definition) is 2. The van der Waals surface area contributed by atoms with Gasteiger partial charge in [-0.1, -0.05) is 41.0 Å². The first-order valence-corrected chi connectivity index (χ1v) is 6.97. The largest absolute Gasteiger partial charge is 0.409 e. The lowest BCUT2D eigenvalue weighted by Gasteiger charge is -2.29. The summed E-state index contributed by atoms with van der Waals surface area (Å²) in [6.07, 6.45) is 0. The molecule has 0 aromatic heterocycles. The molecule has 1 atom stereocenters. The molecule has 2 aromatic carbocycles. The van der Waals surface area contributed by atoms with E-state index in [1.165, 1.54) is 0 Å². The first-order chi connectivity index (χ1) is 10.0. The van der Waals surface area contributed by atoms with E-state index >= 15 is 0 Å². The number of hydrogen-bond acceptors (Lipinski definition) is 3. The van der Waals surface area contributed by atoms with E-state index in [0.717, 1.165) is 11.3 Å². The van der Waals surface area contributed by atoms with Gasteiger partial charge in [0.2, 0.25) is 0 Å². The first-order valence-electron chi connectivity index (χ1n) is 6.60. The van der Waals surface area contributed by atoms with Crippen molar-refractivity contribution in [3.8, 4) is 0 Å². The summed E-state index contributed by atoms with van der Waals surface area (Å²) in [6, 6.07) is 15.4. The van der Waals surface area contributed by atoms with Gasteiger partial charge in [0.05, 0.1) is 6.04 Å². The van der Waals surface area contributed by atoms with Gasteiger partial charge in [0.25, 0.3) is 0 Å². The van der Waals surface area contributed by atoms with Crippen LogP contribution in [0.2, 0.25) is 5.02 Å². The Morgan fingerprint density at radius 3 is 2.62 bits per heavy atom. The molecule has 0 bridgehead atoms. The van der Waals surface area contributed by atoms with Crippen molar-refractivity contribution in [3.63, 3.8) is 0 Å². The van der Waals surface area contributed by atoms with E-state index in [1.54, 1.807) is 0 Å². The lowest BCUT2D eigenvalue weighted by atomic mass is 10.0. The van der Waals surface area contributed by atoms with Crippen molar-refractivity contribution >= 4 is 23.1 Å². The number of nitrogens with zero attached hydrogens (tertiary/aromatic N) is 2. The van der Waals surface area contributed by atoms with E-state index in [2.05, 4.69) is 17.0 Å². The van der Waals surface area contributed by atoms with Gasteiger partial charge in [-0.15, -0.1) is 0 Å². The minimum Gasteiger partial charge on any atom is -0.409 e. The van der Waals surface area contributed by atoms with Crippen molar-refractivity contribution in [2.75, 3.05) is 11.9 Å². The van der Waals surface area contributed by atoms with Crippen LogP contribution < -0.4 is 10.6 Å². The zero-order valence-corrected chi connectivity index (χ0v) is 12.7. The molecule has 2 aromatic rings. The quantitative estimate of drug-likeness (QED) is 0.392. The second-order valence-corrected chi connectivity index (χ2v) is 5.28. The summed E-state index contributed by atoms with van der Waals surface area (Å²) in [5.41, 5.74) is 8.42. The number of rotatable bonds is 4. The number of halogens is 1. The first kappa shape index (κ1) is 15.2. The van der Waals surface area contributed by atoms with Gasteiger partial charge in [0.15, 0.2) is 5.84 Å². The van der Waals surface area contributed by atoms with Crippen LogP contribution in [-0.4, -0.2) is 18.1 Å². The molecule has 5 heteroatoms. The summed E-state index contributed by atoms with van der Waals surface area (Å²) >= 11 is 6.05. The van der Waals surface area contributed by atoms with E-state index in [0.29, 0.717) is 10.6 Å². The SMILES string of the molecule is CC(c1cccc(Cl)c1)N(C)c1ccccc1C(N)=NO. The Kier molecular flexibility index (Phi) is 4.70. The average Bonchev–Trinajstić information content (AvgIpc) is 2.52. The lowest BCUT2D eigenvalue weighted by molar-refractivity contribution is 0.318. The number of oxime groups is 1. The van der Waals surface area contributed by atoms with Crippen LogP contribution in [0.3, 0.4) is 0 Å². The molecule has 0 saturated carbocycles. The highest BCUT2D eigenvalue weighted by atomic mass is 35.5. The molecule has 0 aliphatic heterocycles. The van der Waals surface area contributed by atoms with Gasteiger partial charge in [-0.25, -0.2) is 0 Å². The van der Waals surface area contributed by atoms with Gasteiger partial charge in [-0.2, -0.15) is 0 Å². The van der Waals surface area contributed by atoms with Crippen molar-refractivity contribution in [2.24, 2.45) is 10.9 Å². The van der Waals surface area contributed by atoms with E-state index < -0.39 is 0 Å². The zero-order valence-electron chi connectivity index (χ0n) is 12.0. The summed E-state index contributed by atoms with van der Waals surface area (Å²) in [6.45, 7) is 2.08. The molecule has 0 amide bonds. The summed E-state index contributed by atoms with van der Waals surface area (Å²) < 4.78 is 0. The highest BCUT2D eigenvalue weighted by Gasteiger charge is 2.17. The standard InChI is InChI=1S/C16H18ClN3O/c1-11(12-6-5-7-13(17)10-12)20(2)15-9-4-3-8-14(15)16(18)19-21/h3-11,21H,1-2H3,(H2,18,19). The Morgan fingerprint density at radius 1 is 1.24 bits per heavy atom. The normalized spacial score (nSPS) is 13.0. The number of nitrogens with two attached hydrogens (primary N) is 1.